The lowest BCUT2D eigenvalue weighted by Crippen LogP contribution is -2.46. The summed E-state index contributed by atoms with van der Waals surface area (Å²) in [6, 6.07) is 6.30. The zero-order chi connectivity index (χ0) is 16.8. The number of hydrogen-bond donors (Lipinski definition) is 1. The predicted octanol–water partition coefficient (Wildman–Crippen LogP) is 3.15. The van der Waals surface area contributed by atoms with E-state index in [4.69, 9.17) is 4.84 Å². The van der Waals surface area contributed by atoms with Crippen molar-refractivity contribution >= 4 is 11.7 Å². The van der Waals surface area contributed by atoms with Crippen molar-refractivity contribution in [1.29, 1.82) is 0 Å². The molecule has 0 saturated heterocycles. The third kappa shape index (κ3) is 4.94. The first-order valence-corrected chi connectivity index (χ1v) is 8.03. The van der Waals surface area contributed by atoms with Gasteiger partial charge in [-0.05, 0) is 32.4 Å². The third-order valence-corrected chi connectivity index (χ3v) is 3.51. The Bertz CT molecular complexity index is 575. The summed E-state index contributed by atoms with van der Waals surface area (Å²) in [5.74, 6) is -0.294. The van der Waals surface area contributed by atoms with Crippen molar-refractivity contribution < 1.29 is 14.0 Å². The minimum Gasteiger partial charge on any atom is -0.390 e. The van der Waals surface area contributed by atoms with Gasteiger partial charge in [-0.3, -0.25) is 0 Å². The average molecular weight is 321 g/mol. The van der Waals surface area contributed by atoms with Crippen LogP contribution in [0.2, 0.25) is 0 Å². The number of urea groups is 1. The Morgan fingerprint density at radius 2 is 2.30 bits per heavy atom. The molecule has 0 aliphatic carbocycles. The van der Waals surface area contributed by atoms with Crippen LogP contribution in [0.15, 0.2) is 29.4 Å². The maximum absolute atomic E-state index is 13.3. The van der Waals surface area contributed by atoms with E-state index in [1.54, 1.807) is 11.0 Å². The molecule has 0 saturated carbocycles. The van der Waals surface area contributed by atoms with Crippen LogP contribution in [0, 0.1) is 5.82 Å². The third-order valence-electron chi connectivity index (χ3n) is 3.51. The highest BCUT2D eigenvalue weighted by Crippen LogP contribution is 2.18. The monoisotopic (exact) mass is 321 g/mol. The van der Waals surface area contributed by atoms with Gasteiger partial charge in [-0.1, -0.05) is 24.2 Å². The quantitative estimate of drug-likeness (QED) is 0.875. The molecular weight excluding hydrogens is 297 g/mol. The lowest BCUT2D eigenvalue weighted by atomic mass is 10.0. The lowest BCUT2D eigenvalue weighted by Gasteiger charge is -2.25. The first-order valence-electron chi connectivity index (χ1n) is 8.03. The van der Waals surface area contributed by atoms with Gasteiger partial charge in [0, 0.05) is 24.6 Å². The Labute approximate surface area is 136 Å². The second kappa shape index (κ2) is 7.94. The molecule has 1 N–H and O–H groups in total. The van der Waals surface area contributed by atoms with Crippen LogP contribution in [0.25, 0.3) is 0 Å². The molecule has 2 amide bonds. The molecule has 126 valence electrons. The molecule has 1 aliphatic heterocycles. The summed E-state index contributed by atoms with van der Waals surface area (Å²) >= 11 is 0. The average Bonchev–Trinajstić information content (AvgIpc) is 2.95. The first-order chi connectivity index (χ1) is 11.0. The van der Waals surface area contributed by atoms with Crippen molar-refractivity contribution in [1.82, 2.24) is 10.2 Å². The van der Waals surface area contributed by atoms with Crippen molar-refractivity contribution in [2.75, 3.05) is 13.1 Å². The van der Waals surface area contributed by atoms with Crippen molar-refractivity contribution in [3.05, 3.63) is 35.6 Å². The Morgan fingerprint density at radius 3 is 2.96 bits per heavy atom. The molecule has 0 aromatic heterocycles. The standard InChI is InChI=1S/C17H24FN3O2/c1-4-8-21(17(22)19-12(2)3)11-15-10-16(20-23-15)13-6-5-7-14(18)9-13/h5-7,9,12,15H,4,8,10-11H2,1-3H3,(H,19,22)/t15-/m0/s1. The smallest absolute Gasteiger partial charge is 0.317 e. The van der Waals surface area contributed by atoms with Crippen LogP contribution in [0.4, 0.5) is 9.18 Å². The highest BCUT2D eigenvalue weighted by Gasteiger charge is 2.26. The topological polar surface area (TPSA) is 53.9 Å². The number of carbonyl (C=O) groups excluding carboxylic acids is 1. The van der Waals surface area contributed by atoms with E-state index in [1.165, 1.54) is 12.1 Å². The molecule has 1 aliphatic rings. The molecule has 2 rings (SSSR count). The molecule has 0 radical (unpaired) electrons. The zero-order valence-corrected chi connectivity index (χ0v) is 13.9. The molecule has 0 unspecified atom stereocenters. The molecule has 5 nitrogen and oxygen atoms in total. The number of nitrogens with zero attached hydrogens (tertiary/aromatic N) is 2. The molecule has 23 heavy (non-hydrogen) atoms. The molecule has 0 spiro atoms. The lowest BCUT2D eigenvalue weighted by molar-refractivity contribution is 0.0603. The molecule has 1 heterocycles. The van der Waals surface area contributed by atoms with Crippen molar-refractivity contribution in [2.24, 2.45) is 5.16 Å². The molecule has 1 aromatic carbocycles. The Balaban J connectivity index is 1.94. The minimum absolute atomic E-state index is 0.0884. The fraction of sp³-hybridized carbons (Fsp3) is 0.529. The van der Waals surface area contributed by atoms with Gasteiger partial charge in [0.25, 0.3) is 0 Å². The maximum Gasteiger partial charge on any atom is 0.317 e. The predicted molar refractivity (Wildman–Crippen MR) is 88.0 cm³/mol. The minimum atomic E-state index is -0.294. The van der Waals surface area contributed by atoms with Gasteiger partial charge in [0.15, 0.2) is 6.10 Å². The van der Waals surface area contributed by atoms with E-state index in [1.807, 2.05) is 26.8 Å². The Morgan fingerprint density at radius 1 is 1.52 bits per heavy atom. The Kier molecular flexibility index (Phi) is 5.96. The van der Waals surface area contributed by atoms with Gasteiger partial charge in [-0.2, -0.15) is 0 Å². The van der Waals surface area contributed by atoms with Gasteiger partial charge in [0.1, 0.15) is 5.82 Å². The van der Waals surface area contributed by atoms with Crippen LogP contribution in [0.3, 0.4) is 0 Å². The largest absolute Gasteiger partial charge is 0.390 e. The van der Waals surface area contributed by atoms with Gasteiger partial charge >= 0.3 is 6.03 Å². The fourth-order valence-electron chi connectivity index (χ4n) is 2.49. The number of oxime groups is 1. The number of benzene rings is 1. The second-order valence-electron chi connectivity index (χ2n) is 6.03. The van der Waals surface area contributed by atoms with Gasteiger partial charge in [0.2, 0.25) is 0 Å². The molecule has 0 fully saturated rings. The molecule has 0 bridgehead atoms. The van der Waals surface area contributed by atoms with E-state index in [-0.39, 0.29) is 24.0 Å². The van der Waals surface area contributed by atoms with E-state index in [0.29, 0.717) is 19.5 Å². The van der Waals surface area contributed by atoms with E-state index in [2.05, 4.69) is 10.5 Å². The summed E-state index contributed by atoms with van der Waals surface area (Å²) < 4.78 is 13.3. The summed E-state index contributed by atoms with van der Waals surface area (Å²) in [6.07, 6.45) is 1.24. The van der Waals surface area contributed by atoms with Gasteiger partial charge in [-0.25, -0.2) is 9.18 Å². The molecule has 1 aromatic rings. The summed E-state index contributed by atoms with van der Waals surface area (Å²) in [7, 11) is 0. The van der Waals surface area contributed by atoms with Crippen molar-refractivity contribution in [3.8, 4) is 0 Å². The highest BCUT2D eigenvalue weighted by molar-refractivity contribution is 6.01. The van der Waals surface area contributed by atoms with Crippen molar-refractivity contribution in [2.45, 2.75) is 45.8 Å². The molecular formula is C17H24FN3O2. The van der Waals surface area contributed by atoms with E-state index >= 15 is 0 Å². The molecule has 1 atom stereocenters. The van der Waals surface area contributed by atoms with E-state index < -0.39 is 0 Å². The van der Waals surface area contributed by atoms with Crippen molar-refractivity contribution in [3.63, 3.8) is 0 Å². The SMILES string of the molecule is CCCN(C[C@@H]1CC(c2cccc(F)c2)=NO1)C(=O)NC(C)C. The normalized spacial score (nSPS) is 16.9. The van der Waals surface area contributed by atoms with Crippen LogP contribution in [-0.4, -0.2) is 41.9 Å². The summed E-state index contributed by atoms with van der Waals surface area (Å²) in [5.41, 5.74) is 1.44. The fourth-order valence-corrected chi connectivity index (χ4v) is 2.49. The number of amides is 2. The Hall–Kier alpha value is -2.11. The number of hydrogen-bond acceptors (Lipinski definition) is 3. The number of halogens is 1. The van der Waals surface area contributed by atoms with Crippen LogP contribution >= 0.6 is 0 Å². The summed E-state index contributed by atoms with van der Waals surface area (Å²) in [4.78, 5) is 19.4. The summed E-state index contributed by atoms with van der Waals surface area (Å²) in [5, 5.41) is 6.95. The van der Waals surface area contributed by atoms with Gasteiger partial charge < -0.3 is 15.1 Å². The van der Waals surface area contributed by atoms with Crippen LogP contribution < -0.4 is 5.32 Å². The van der Waals surface area contributed by atoms with Crippen LogP contribution in [0.1, 0.15) is 39.2 Å². The van der Waals surface area contributed by atoms with Crippen LogP contribution in [0.5, 0.6) is 0 Å². The first kappa shape index (κ1) is 17.2. The van der Waals surface area contributed by atoms with E-state index in [0.717, 1.165) is 17.7 Å². The maximum atomic E-state index is 13.3. The van der Waals surface area contributed by atoms with E-state index in [9.17, 15) is 9.18 Å². The number of nitrogens with one attached hydrogen (secondary N) is 1. The zero-order valence-electron chi connectivity index (χ0n) is 13.9. The number of carbonyl (C=O) groups is 1. The van der Waals surface area contributed by atoms with Crippen LogP contribution in [-0.2, 0) is 4.84 Å². The van der Waals surface area contributed by atoms with Gasteiger partial charge in [0.05, 0.1) is 12.3 Å². The summed E-state index contributed by atoms with van der Waals surface area (Å²) in [6.45, 7) is 7.01. The number of rotatable bonds is 6. The molecule has 6 heteroatoms. The highest BCUT2D eigenvalue weighted by atomic mass is 19.1. The van der Waals surface area contributed by atoms with Gasteiger partial charge in [-0.15, -0.1) is 0 Å². The second-order valence-corrected chi connectivity index (χ2v) is 6.03.